The van der Waals surface area contributed by atoms with Gasteiger partial charge in [0.25, 0.3) is 0 Å². The van der Waals surface area contributed by atoms with Gasteiger partial charge < -0.3 is 0 Å². The Hall–Kier alpha value is -1.30. The van der Waals surface area contributed by atoms with Crippen molar-refractivity contribution in [3.05, 3.63) is 53.4 Å². The Bertz CT molecular complexity index is 580. The van der Waals surface area contributed by atoms with Crippen molar-refractivity contribution in [3.63, 3.8) is 0 Å². The highest BCUT2D eigenvalue weighted by atomic mass is 14.1. The predicted octanol–water partition coefficient (Wildman–Crippen LogP) is 6.88. The van der Waals surface area contributed by atoms with Crippen LogP contribution in [0.1, 0.15) is 76.0 Å². The molecule has 0 aliphatic heterocycles. The van der Waals surface area contributed by atoms with Crippen LogP contribution >= 0.6 is 0 Å². The van der Waals surface area contributed by atoms with E-state index < -0.39 is 0 Å². The number of aryl methyl sites for hydroxylation is 2. The molecule has 0 unspecified atom stereocenters. The summed E-state index contributed by atoms with van der Waals surface area (Å²) in [6, 6.07) is 11.6. The summed E-state index contributed by atoms with van der Waals surface area (Å²) in [7, 11) is 0. The van der Waals surface area contributed by atoms with Gasteiger partial charge in [0.05, 0.1) is 0 Å². The minimum atomic E-state index is 1.21. The number of benzene rings is 2. The normalized spacial score (nSPS) is 11.2. The molecule has 0 aliphatic rings. The second-order valence-electron chi connectivity index (χ2n) is 6.36. The summed E-state index contributed by atoms with van der Waals surface area (Å²) in [6.07, 6.45) is 12.6. The van der Waals surface area contributed by atoms with Crippen molar-refractivity contribution in [2.45, 2.75) is 72.1 Å². The minimum absolute atomic E-state index is 1.21. The quantitative estimate of drug-likeness (QED) is 0.442. The minimum Gasteiger partial charge on any atom is -0.0654 e. The van der Waals surface area contributed by atoms with E-state index in [4.69, 9.17) is 0 Å². The third kappa shape index (κ3) is 4.12. The summed E-state index contributed by atoms with van der Waals surface area (Å²) in [5.74, 6) is 0. The predicted molar refractivity (Wildman–Crippen MR) is 99.5 cm³/mol. The molecule has 2 aromatic carbocycles. The Balaban J connectivity index is 2.37. The van der Waals surface area contributed by atoms with Gasteiger partial charge in [-0.05, 0) is 59.6 Å². The molecular formula is C22H31. The first kappa shape index (κ1) is 17.1. The third-order valence-corrected chi connectivity index (χ3v) is 4.66. The molecule has 0 saturated carbocycles. The van der Waals surface area contributed by atoms with E-state index in [1.807, 2.05) is 0 Å². The van der Waals surface area contributed by atoms with Crippen molar-refractivity contribution in [1.29, 1.82) is 0 Å². The number of rotatable bonds is 9. The average Bonchev–Trinajstić information content (AvgIpc) is 2.55. The molecule has 0 N–H and O–H groups in total. The summed E-state index contributed by atoms with van der Waals surface area (Å²) in [5, 5.41) is 3.00. The molecule has 0 aromatic heterocycles. The van der Waals surface area contributed by atoms with Gasteiger partial charge in [0.1, 0.15) is 0 Å². The molecule has 0 heterocycles. The molecule has 0 heteroatoms. The lowest BCUT2D eigenvalue weighted by molar-refractivity contribution is 0.717. The smallest absolute Gasteiger partial charge is 0.0114 e. The zero-order chi connectivity index (χ0) is 15.8. The van der Waals surface area contributed by atoms with Gasteiger partial charge in [-0.15, -0.1) is 0 Å². The topological polar surface area (TPSA) is 0 Å². The highest BCUT2D eigenvalue weighted by Gasteiger charge is 2.09. The largest absolute Gasteiger partial charge is 0.0654 e. The van der Waals surface area contributed by atoms with Gasteiger partial charge in [-0.2, -0.15) is 0 Å². The van der Waals surface area contributed by atoms with E-state index in [-0.39, 0.29) is 0 Å². The van der Waals surface area contributed by atoms with Crippen LogP contribution in [0.15, 0.2) is 30.3 Å². The van der Waals surface area contributed by atoms with Gasteiger partial charge in [0.15, 0.2) is 0 Å². The maximum atomic E-state index is 2.35. The average molecular weight is 295 g/mol. The van der Waals surface area contributed by atoms with Gasteiger partial charge in [-0.25, -0.2) is 0 Å². The summed E-state index contributed by atoms with van der Waals surface area (Å²) in [4.78, 5) is 0. The van der Waals surface area contributed by atoms with Crippen LogP contribution in [-0.2, 0) is 12.8 Å². The molecule has 22 heavy (non-hydrogen) atoms. The summed E-state index contributed by atoms with van der Waals surface area (Å²) in [6.45, 7) is 6.72. The van der Waals surface area contributed by atoms with Crippen LogP contribution in [-0.4, -0.2) is 0 Å². The molecule has 0 amide bonds. The van der Waals surface area contributed by atoms with E-state index in [1.54, 1.807) is 0 Å². The molecule has 2 rings (SSSR count). The molecule has 0 spiro atoms. The van der Waals surface area contributed by atoms with Gasteiger partial charge in [0.2, 0.25) is 0 Å². The van der Waals surface area contributed by atoms with Gasteiger partial charge in [-0.1, -0.05) is 76.8 Å². The van der Waals surface area contributed by atoms with E-state index in [0.717, 1.165) is 0 Å². The lowest BCUT2D eigenvalue weighted by Crippen LogP contribution is -1.96. The fraction of sp³-hybridized carbons (Fsp3) is 0.500. The zero-order valence-electron chi connectivity index (χ0n) is 14.6. The monoisotopic (exact) mass is 295 g/mol. The molecule has 119 valence electrons. The van der Waals surface area contributed by atoms with E-state index in [9.17, 15) is 0 Å². The van der Waals surface area contributed by atoms with Gasteiger partial charge in [0, 0.05) is 0 Å². The van der Waals surface area contributed by atoms with Crippen LogP contribution in [0, 0.1) is 6.42 Å². The molecular weight excluding hydrogens is 264 g/mol. The molecule has 0 bridgehead atoms. The summed E-state index contributed by atoms with van der Waals surface area (Å²) >= 11 is 0. The fourth-order valence-corrected chi connectivity index (χ4v) is 3.37. The summed E-state index contributed by atoms with van der Waals surface area (Å²) in [5.41, 5.74) is 4.48. The first-order valence-electron chi connectivity index (χ1n) is 9.14. The lowest BCUT2D eigenvalue weighted by Gasteiger charge is -2.14. The molecule has 0 fully saturated rings. The first-order chi connectivity index (χ1) is 10.8. The van der Waals surface area contributed by atoms with Crippen molar-refractivity contribution in [2.24, 2.45) is 0 Å². The van der Waals surface area contributed by atoms with Crippen molar-refractivity contribution in [3.8, 4) is 0 Å². The van der Waals surface area contributed by atoms with Gasteiger partial charge in [-0.3, -0.25) is 0 Å². The maximum Gasteiger partial charge on any atom is -0.0114 e. The second kappa shape index (κ2) is 8.98. The lowest BCUT2D eigenvalue weighted by atomic mass is 9.90. The van der Waals surface area contributed by atoms with Crippen molar-refractivity contribution < 1.29 is 0 Å². The van der Waals surface area contributed by atoms with Crippen molar-refractivity contribution >= 4 is 10.8 Å². The van der Waals surface area contributed by atoms with Gasteiger partial charge >= 0.3 is 0 Å². The fourth-order valence-electron chi connectivity index (χ4n) is 3.37. The van der Waals surface area contributed by atoms with Crippen LogP contribution in [0.2, 0.25) is 0 Å². The number of unbranched alkanes of at least 4 members (excludes halogenated alkanes) is 4. The van der Waals surface area contributed by atoms with Crippen LogP contribution in [0.4, 0.5) is 0 Å². The number of hydrogen-bond acceptors (Lipinski definition) is 0. The molecule has 2 aromatic rings. The highest BCUT2D eigenvalue weighted by Crippen LogP contribution is 2.29. The van der Waals surface area contributed by atoms with E-state index in [0.29, 0.717) is 0 Å². The van der Waals surface area contributed by atoms with Crippen LogP contribution < -0.4 is 0 Å². The molecule has 0 saturated heterocycles. The number of fused-ring (bicyclic) bond motifs is 1. The Morgan fingerprint density at radius 3 is 2.09 bits per heavy atom. The van der Waals surface area contributed by atoms with Crippen LogP contribution in [0.25, 0.3) is 10.8 Å². The van der Waals surface area contributed by atoms with Crippen LogP contribution in [0.5, 0.6) is 0 Å². The van der Waals surface area contributed by atoms with Crippen LogP contribution in [0.3, 0.4) is 0 Å². The number of hydrogen-bond donors (Lipinski definition) is 0. The van der Waals surface area contributed by atoms with Crippen molar-refractivity contribution in [1.82, 2.24) is 0 Å². The maximum absolute atomic E-state index is 2.35. The third-order valence-electron chi connectivity index (χ3n) is 4.66. The standard InChI is InChI=1S/C22H31/c1-4-7-9-12-19-17-16-18(6-3)22-20(13-10-8-5-2)14-11-15-21(19)22/h6,11,14-17H,4-5,7-10,12-13H2,1-3H3. The van der Waals surface area contributed by atoms with E-state index in [2.05, 4.69) is 57.5 Å². The van der Waals surface area contributed by atoms with E-state index in [1.165, 1.54) is 78.8 Å². The Morgan fingerprint density at radius 2 is 1.45 bits per heavy atom. The van der Waals surface area contributed by atoms with Crippen molar-refractivity contribution in [2.75, 3.05) is 0 Å². The zero-order valence-corrected chi connectivity index (χ0v) is 14.6. The Labute approximate surface area is 136 Å². The first-order valence-corrected chi connectivity index (χ1v) is 9.14. The Kier molecular flexibility index (Phi) is 6.96. The molecule has 0 nitrogen and oxygen atoms in total. The Morgan fingerprint density at radius 1 is 0.773 bits per heavy atom. The molecule has 1 radical (unpaired) electrons. The van der Waals surface area contributed by atoms with E-state index >= 15 is 0 Å². The molecule has 0 aliphatic carbocycles. The second-order valence-corrected chi connectivity index (χ2v) is 6.36. The SMILES string of the molecule is C[CH]c1ccc(CCCCC)c2cccc(CCCCC)c12. The highest BCUT2D eigenvalue weighted by molar-refractivity contribution is 5.92. The summed E-state index contributed by atoms with van der Waals surface area (Å²) < 4.78 is 0. The molecule has 0 atom stereocenters.